The second kappa shape index (κ2) is 3.83. The minimum absolute atomic E-state index is 0.816. The molecule has 82 valence electrons. The van der Waals surface area contributed by atoms with E-state index in [0.717, 1.165) is 35.8 Å². The van der Waals surface area contributed by atoms with Gasteiger partial charge in [0, 0.05) is 29.2 Å². The summed E-state index contributed by atoms with van der Waals surface area (Å²) in [6.45, 7) is 0.988. The van der Waals surface area contributed by atoms with E-state index < -0.39 is 0 Å². The molecule has 3 nitrogen and oxygen atoms in total. The van der Waals surface area contributed by atoms with Crippen molar-refractivity contribution in [2.75, 3.05) is 11.9 Å². The zero-order valence-corrected chi connectivity index (χ0v) is 9.51. The Labute approximate surface area is 98.8 Å². The monoisotopic (exact) mass is 233 g/mol. The summed E-state index contributed by atoms with van der Waals surface area (Å²) in [6, 6.07) is 7.94. The summed E-state index contributed by atoms with van der Waals surface area (Å²) in [5.41, 5.74) is 3.62. The summed E-state index contributed by atoms with van der Waals surface area (Å²) in [5, 5.41) is 11.4. The first kappa shape index (κ1) is 9.73. The van der Waals surface area contributed by atoms with Gasteiger partial charge in [0.1, 0.15) is 0 Å². The molecule has 2 N–H and O–H groups in total. The molecule has 0 saturated carbocycles. The fourth-order valence-corrected chi connectivity index (χ4v) is 2.30. The van der Waals surface area contributed by atoms with Crippen molar-refractivity contribution in [3.63, 3.8) is 0 Å². The van der Waals surface area contributed by atoms with Crippen molar-refractivity contribution < 1.29 is 0 Å². The van der Waals surface area contributed by atoms with Gasteiger partial charge in [-0.1, -0.05) is 29.8 Å². The summed E-state index contributed by atoms with van der Waals surface area (Å²) < 4.78 is 0. The molecule has 0 atom stereocenters. The maximum atomic E-state index is 6.14. The van der Waals surface area contributed by atoms with Crippen molar-refractivity contribution in [1.82, 2.24) is 10.2 Å². The summed E-state index contributed by atoms with van der Waals surface area (Å²) in [7, 11) is 0. The van der Waals surface area contributed by atoms with Crippen molar-refractivity contribution in [1.29, 1.82) is 0 Å². The van der Waals surface area contributed by atoms with Gasteiger partial charge in [-0.3, -0.25) is 5.10 Å². The van der Waals surface area contributed by atoms with E-state index in [0.29, 0.717) is 0 Å². The number of fused-ring (bicyclic) bond motifs is 1. The number of aromatic amines is 1. The van der Waals surface area contributed by atoms with Crippen LogP contribution >= 0.6 is 11.6 Å². The van der Waals surface area contributed by atoms with Gasteiger partial charge in [0.25, 0.3) is 0 Å². The molecule has 0 radical (unpaired) electrons. The molecule has 4 heteroatoms. The van der Waals surface area contributed by atoms with E-state index in [1.807, 2.05) is 18.2 Å². The Morgan fingerprint density at radius 2 is 2.19 bits per heavy atom. The molecule has 1 aliphatic rings. The van der Waals surface area contributed by atoms with E-state index in [1.54, 1.807) is 0 Å². The zero-order valence-electron chi connectivity index (χ0n) is 8.76. The summed E-state index contributed by atoms with van der Waals surface area (Å²) in [4.78, 5) is 0. The SMILES string of the molecule is Clc1ccccc1Cc1[nH]nc2c1CCN2. The van der Waals surface area contributed by atoms with Gasteiger partial charge in [-0.05, 0) is 18.1 Å². The van der Waals surface area contributed by atoms with Crippen LogP contribution < -0.4 is 5.32 Å². The van der Waals surface area contributed by atoms with E-state index in [-0.39, 0.29) is 0 Å². The fraction of sp³-hybridized carbons (Fsp3) is 0.250. The topological polar surface area (TPSA) is 40.7 Å². The molecular formula is C12H12ClN3. The predicted octanol–water partition coefficient (Wildman–Crippen LogP) is 2.62. The Kier molecular flexibility index (Phi) is 2.33. The number of nitrogens with zero attached hydrogens (tertiary/aromatic N) is 1. The van der Waals surface area contributed by atoms with Crippen LogP contribution in [0, 0.1) is 0 Å². The second-order valence-electron chi connectivity index (χ2n) is 3.97. The fourth-order valence-electron chi connectivity index (χ4n) is 2.10. The molecule has 0 fully saturated rings. The van der Waals surface area contributed by atoms with Crippen LogP contribution in [0.5, 0.6) is 0 Å². The largest absolute Gasteiger partial charge is 0.368 e. The van der Waals surface area contributed by atoms with Crippen LogP contribution in [0.3, 0.4) is 0 Å². The lowest BCUT2D eigenvalue weighted by Gasteiger charge is -2.03. The average molecular weight is 234 g/mol. The molecule has 0 spiro atoms. The van der Waals surface area contributed by atoms with E-state index in [2.05, 4.69) is 21.6 Å². The Morgan fingerprint density at radius 1 is 1.31 bits per heavy atom. The summed E-state index contributed by atoms with van der Waals surface area (Å²) in [5.74, 6) is 1.00. The smallest absolute Gasteiger partial charge is 0.151 e. The summed E-state index contributed by atoms with van der Waals surface area (Å²) >= 11 is 6.14. The van der Waals surface area contributed by atoms with Gasteiger partial charge < -0.3 is 5.32 Å². The highest BCUT2D eigenvalue weighted by Crippen LogP contribution is 2.26. The lowest BCUT2D eigenvalue weighted by Crippen LogP contribution is -1.97. The van der Waals surface area contributed by atoms with E-state index >= 15 is 0 Å². The second-order valence-corrected chi connectivity index (χ2v) is 4.38. The Morgan fingerprint density at radius 3 is 3.06 bits per heavy atom. The highest BCUT2D eigenvalue weighted by Gasteiger charge is 2.18. The molecular weight excluding hydrogens is 222 g/mol. The molecule has 1 aromatic heterocycles. The van der Waals surface area contributed by atoms with Crippen LogP contribution in [0.15, 0.2) is 24.3 Å². The average Bonchev–Trinajstić information content (AvgIpc) is 2.86. The van der Waals surface area contributed by atoms with Crippen molar-refractivity contribution in [2.45, 2.75) is 12.8 Å². The van der Waals surface area contributed by atoms with E-state index in [1.165, 1.54) is 11.3 Å². The van der Waals surface area contributed by atoms with E-state index in [9.17, 15) is 0 Å². The minimum atomic E-state index is 0.816. The first-order chi connectivity index (χ1) is 7.84. The van der Waals surface area contributed by atoms with E-state index in [4.69, 9.17) is 11.6 Å². The van der Waals surface area contributed by atoms with Crippen LogP contribution in [0.25, 0.3) is 0 Å². The number of halogens is 1. The normalized spacial score (nSPS) is 13.6. The molecule has 0 saturated heterocycles. The number of nitrogens with one attached hydrogen (secondary N) is 2. The molecule has 1 aromatic carbocycles. The number of H-pyrrole nitrogens is 1. The molecule has 0 unspecified atom stereocenters. The van der Waals surface area contributed by atoms with Gasteiger partial charge in [0.15, 0.2) is 5.82 Å². The van der Waals surface area contributed by atoms with Crippen molar-refractivity contribution >= 4 is 17.4 Å². The Bertz CT molecular complexity index is 519. The third kappa shape index (κ3) is 1.57. The quantitative estimate of drug-likeness (QED) is 0.837. The molecule has 1 aliphatic heterocycles. The number of aromatic nitrogens is 2. The highest BCUT2D eigenvalue weighted by atomic mass is 35.5. The van der Waals surface area contributed by atoms with Gasteiger partial charge in [0.2, 0.25) is 0 Å². The molecule has 2 aromatic rings. The lowest BCUT2D eigenvalue weighted by atomic mass is 10.1. The number of hydrogen-bond acceptors (Lipinski definition) is 2. The van der Waals surface area contributed by atoms with Gasteiger partial charge in [0.05, 0.1) is 0 Å². The summed E-state index contributed by atoms with van der Waals surface area (Å²) in [6.07, 6.45) is 1.87. The van der Waals surface area contributed by atoms with Crippen LogP contribution in [0.2, 0.25) is 5.02 Å². The first-order valence-corrected chi connectivity index (χ1v) is 5.76. The van der Waals surface area contributed by atoms with Gasteiger partial charge in [-0.15, -0.1) is 0 Å². The minimum Gasteiger partial charge on any atom is -0.368 e. The molecule has 3 rings (SSSR count). The molecule has 2 heterocycles. The third-order valence-corrected chi connectivity index (χ3v) is 3.31. The first-order valence-electron chi connectivity index (χ1n) is 5.38. The Balaban J connectivity index is 1.92. The lowest BCUT2D eigenvalue weighted by molar-refractivity contribution is 0.951. The third-order valence-electron chi connectivity index (χ3n) is 2.95. The standard InChI is InChI=1S/C12H12ClN3/c13-10-4-2-1-3-8(10)7-11-9-5-6-14-12(9)16-15-11/h1-4H,5-7H2,(H2,14,15,16). The van der Waals surface area contributed by atoms with Crippen molar-refractivity contribution in [3.8, 4) is 0 Å². The van der Waals surface area contributed by atoms with Gasteiger partial charge >= 0.3 is 0 Å². The maximum absolute atomic E-state index is 6.14. The number of benzene rings is 1. The Hall–Kier alpha value is -1.48. The van der Waals surface area contributed by atoms with Crippen molar-refractivity contribution in [3.05, 3.63) is 46.1 Å². The van der Waals surface area contributed by atoms with Crippen LogP contribution in [-0.2, 0) is 12.8 Å². The highest BCUT2D eigenvalue weighted by molar-refractivity contribution is 6.31. The van der Waals surface area contributed by atoms with Crippen LogP contribution in [0.1, 0.15) is 16.8 Å². The maximum Gasteiger partial charge on any atom is 0.151 e. The number of anilines is 1. The number of hydrogen-bond donors (Lipinski definition) is 2. The predicted molar refractivity (Wildman–Crippen MR) is 65.0 cm³/mol. The van der Waals surface area contributed by atoms with Crippen molar-refractivity contribution in [2.24, 2.45) is 0 Å². The van der Waals surface area contributed by atoms with Gasteiger partial charge in [-0.2, -0.15) is 5.10 Å². The van der Waals surface area contributed by atoms with Gasteiger partial charge in [-0.25, -0.2) is 0 Å². The van der Waals surface area contributed by atoms with Crippen LogP contribution in [-0.4, -0.2) is 16.7 Å². The molecule has 16 heavy (non-hydrogen) atoms. The molecule has 0 aliphatic carbocycles. The number of rotatable bonds is 2. The molecule has 0 bridgehead atoms. The zero-order chi connectivity index (χ0) is 11.0. The van der Waals surface area contributed by atoms with Crippen LogP contribution in [0.4, 0.5) is 5.82 Å². The molecule has 0 amide bonds.